The largest absolute Gasteiger partial charge is 0.462 e. The Morgan fingerprint density at radius 3 is 2.61 bits per heavy atom. The van der Waals surface area contributed by atoms with E-state index in [2.05, 4.69) is 13.0 Å². The number of hydrogen-bond donors (Lipinski definition) is 1. The number of fused-ring (bicyclic) bond motifs is 5. The average Bonchev–Trinajstić information content (AvgIpc) is 3.07. The molecule has 0 unspecified atom stereocenters. The van der Waals surface area contributed by atoms with Gasteiger partial charge in [-0.1, -0.05) is 18.6 Å². The van der Waals surface area contributed by atoms with Gasteiger partial charge in [-0.15, -0.1) is 0 Å². The van der Waals surface area contributed by atoms with Gasteiger partial charge in [0.25, 0.3) is 0 Å². The van der Waals surface area contributed by atoms with E-state index in [9.17, 15) is 14.7 Å². The standard InChI is InChI=1S/C27H42O4/c1-17(28)6-5-13-27-15-12-24-22(25(27)10-9-23(27)18(2)29)8-7-20-16-21(31-19(3)30)11-14-26(20,24)4/h7,18,21-25,29H,5-6,8-16H2,1-4H3/t18-,21-,22+,23+,24-,25-,26-,27+/m0/s1. The van der Waals surface area contributed by atoms with Crippen molar-refractivity contribution in [1.29, 1.82) is 0 Å². The first-order valence-electron chi connectivity index (χ1n) is 12.7. The predicted molar refractivity (Wildman–Crippen MR) is 121 cm³/mol. The molecule has 0 saturated heterocycles. The Morgan fingerprint density at radius 2 is 1.94 bits per heavy atom. The zero-order chi connectivity index (χ0) is 22.4. The number of esters is 1. The van der Waals surface area contributed by atoms with E-state index >= 15 is 0 Å². The molecule has 8 atom stereocenters. The maximum absolute atomic E-state index is 11.6. The number of rotatable bonds is 6. The third-order valence-corrected chi connectivity index (χ3v) is 9.93. The predicted octanol–water partition coefficient (Wildman–Crippen LogP) is 5.62. The number of carbonyl (C=O) groups is 2. The molecule has 1 N–H and O–H groups in total. The quantitative estimate of drug-likeness (QED) is 0.439. The van der Waals surface area contributed by atoms with Gasteiger partial charge in [0.05, 0.1) is 6.10 Å². The molecule has 174 valence electrons. The molecule has 3 fully saturated rings. The zero-order valence-corrected chi connectivity index (χ0v) is 20.0. The number of ether oxygens (including phenoxy) is 1. The van der Waals surface area contributed by atoms with Crippen LogP contribution in [0.5, 0.6) is 0 Å². The minimum Gasteiger partial charge on any atom is -0.462 e. The topological polar surface area (TPSA) is 63.6 Å². The summed E-state index contributed by atoms with van der Waals surface area (Å²) in [6, 6.07) is 0. The number of Topliss-reactive ketones (excluding diaryl/α,β-unsaturated/α-hetero) is 1. The van der Waals surface area contributed by atoms with Crippen molar-refractivity contribution in [1.82, 2.24) is 0 Å². The first-order valence-corrected chi connectivity index (χ1v) is 12.7. The van der Waals surface area contributed by atoms with Crippen LogP contribution in [0.1, 0.15) is 98.3 Å². The van der Waals surface area contributed by atoms with Crippen molar-refractivity contribution in [3.63, 3.8) is 0 Å². The minimum atomic E-state index is -0.261. The molecular weight excluding hydrogens is 388 g/mol. The van der Waals surface area contributed by atoms with Crippen molar-refractivity contribution >= 4 is 11.8 Å². The van der Waals surface area contributed by atoms with Crippen LogP contribution in [0.15, 0.2) is 11.6 Å². The molecular formula is C27H42O4. The molecule has 0 aromatic carbocycles. The van der Waals surface area contributed by atoms with Gasteiger partial charge in [-0.2, -0.15) is 0 Å². The van der Waals surface area contributed by atoms with E-state index in [0.717, 1.165) is 44.9 Å². The highest BCUT2D eigenvalue weighted by Gasteiger charge is 2.60. The van der Waals surface area contributed by atoms with E-state index < -0.39 is 0 Å². The lowest BCUT2D eigenvalue weighted by Crippen LogP contribution is -2.52. The van der Waals surface area contributed by atoms with Crippen molar-refractivity contribution in [2.45, 2.75) is 111 Å². The van der Waals surface area contributed by atoms with E-state index in [1.54, 1.807) is 6.92 Å². The van der Waals surface area contributed by atoms with Gasteiger partial charge in [0.2, 0.25) is 0 Å². The van der Waals surface area contributed by atoms with Crippen molar-refractivity contribution in [3.8, 4) is 0 Å². The summed E-state index contributed by atoms with van der Waals surface area (Å²) in [6.45, 7) is 7.68. The van der Waals surface area contributed by atoms with Crippen molar-refractivity contribution in [2.75, 3.05) is 0 Å². The Morgan fingerprint density at radius 1 is 1.16 bits per heavy atom. The summed E-state index contributed by atoms with van der Waals surface area (Å²) in [7, 11) is 0. The molecule has 0 heterocycles. The van der Waals surface area contributed by atoms with E-state index in [1.165, 1.54) is 31.8 Å². The van der Waals surface area contributed by atoms with Crippen LogP contribution in [-0.4, -0.2) is 29.1 Å². The van der Waals surface area contributed by atoms with Crippen molar-refractivity contribution in [2.24, 2.45) is 34.5 Å². The summed E-state index contributed by atoms with van der Waals surface area (Å²) in [5.41, 5.74) is 1.97. The lowest BCUT2D eigenvalue weighted by atomic mass is 9.46. The summed E-state index contributed by atoms with van der Waals surface area (Å²) in [6.07, 6.45) is 13.9. The van der Waals surface area contributed by atoms with E-state index in [1.807, 2.05) is 6.92 Å². The minimum absolute atomic E-state index is 0.0498. The second kappa shape index (κ2) is 8.65. The molecule has 4 aliphatic rings. The van der Waals surface area contributed by atoms with Crippen LogP contribution in [0.2, 0.25) is 0 Å². The van der Waals surface area contributed by atoms with Crippen LogP contribution < -0.4 is 0 Å². The summed E-state index contributed by atoms with van der Waals surface area (Å²) in [5, 5.41) is 10.7. The second-order valence-corrected chi connectivity index (χ2v) is 11.5. The molecule has 3 saturated carbocycles. The molecule has 4 nitrogen and oxygen atoms in total. The smallest absolute Gasteiger partial charge is 0.302 e. The van der Waals surface area contributed by atoms with Crippen LogP contribution in [0.3, 0.4) is 0 Å². The zero-order valence-electron chi connectivity index (χ0n) is 20.0. The van der Waals surface area contributed by atoms with Crippen LogP contribution in [-0.2, 0) is 14.3 Å². The summed E-state index contributed by atoms with van der Waals surface area (Å²) >= 11 is 0. The lowest BCUT2D eigenvalue weighted by molar-refractivity contribution is -0.149. The second-order valence-electron chi connectivity index (χ2n) is 11.5. The number of hydrogen-bond acceptors (Lipinski definition) is 4. The molecule has 4 aliphatic carbocycles. The van der Waals surface area contributed by atoms with Gasteiger partial charge in [-0.3, -0.25) is 4.79 Å². The molecule has 0 spiro atoms. The molecule has 31 heavy (non-hydrogen) atoms. The Kier molecular flexibility index (Phi) is 6.42. The Bertz CT molecular complexity index is 740. The van der Waals surface area contributed by atoms with Crippen LogP contribution in [0, 0.1) is 34.5 Å². The number of carbonyl (C=O) groups excluding carboxylic acids is 2. The molecule has 0 aromatic rings. The first-order chi connectivity index (χ1) is 14.7. The van der Waals surface area contributed by atoms with E-state index in [0.29, 0.717) is 30.1 Å². The molecule has 4 heteroatoms. The highest BCUT2D eigenvalue weighted by Crippen LogP contribution is 2.68. The monoisotopic (exact) mass is 430 g/mol. The van der Waals surface area contributed by atoms with Gasteiger partial charge in [0.1, 0.15) is 11.9 Å². The first kappa shape index (κ1) is 23.0. The van der Waals surface area contributed by atoms with Crippen molar-refractivity contribution in [3.05, 3.63) is 11.6 Å². The Hall–Kier alpha value is -1.16. The van der Waals surface area contributed by atoms with E-state index in [4.69, 9.17) is 4.74 Å². The summed E-state index contributed by atoms with van der Waals surface area (Å²) < 4.78 is 5.58. The van der Waals surface area contributed by atoms with Crippen LogP contribution in [0.25, 0.3) is 0 Å². The fraction of sp³-hybridized carbons (Fsp3) is 0.852. The van der Waals surface area contributed by atoms with Gasteiger partial charge in [0.15, 0.2) is 0 Å². The molecule has 0 aromatic heterocycles. The van der Waals surface area contributed by atoms with Crippen LogP contribution in [0.4, 0.5) is 0 Å². The molecule has 0 radical (unpaired) electrons. The SMILES string of the molecule is CC(=O)CCC[C@]12CC[C@H]3[C@@H](CC=C4C[C@@H](OC(C)=O)CC[C@@]43C)[C@@H]1CC[C@@H]2[C@H](C)O. The third-order valence-electron chi connectivity index (χ3n) is 9.93. The van der Waals surface area contributed by atoms with E-state index in [-0.39, 0.29) is 34.8 Å². The molecule has 0 amide bonds. The number of aliphatic hydroxyl groups is 1. The maximum Gasteiger partial charge on any atom is 0.302 e. The molecule has 0 bridgehead atoms. The van der Waals surface area contributed by atoms with Gasteiger partial charge >= 0.3 is 5.97 Å². The maximum atomic E-state index is 11.6. The lowest BCUT2D eigenvalue weighted by Gasteiger charge is -2.59. The van der Waals surface area contributed by atoms with Crippen LogP contribution >= 0.6 is 0 Å². The highest BCUT2D eigenvalue weighted by molar-refractivity contribution is 5.75. The fourth-order valence-corrected chi connectivity index (χ4v) is 8.70. The normalized spacial score (nSPS) is 42.6. The fourth-order valence-electron chi connectivity index (χ4n) is 8.70. The van der Waals surface area contributed by atoms with Gasteiger partial charge in [-0.05, 0) is 106 Å². The Balaban J connectivity index is 1.58. The van der Waals surface area contributed by atoms with Gasteiger partial charge in [0, 0.05) is 19.8 Å². The summed E-state index contributed by atoms with van der Waals surface area (Å²) in [5.74, 6) is 2.56. The Labute approximate surface area is 188 Å². The van der Waals surface area contributed by atoms with Gasteiger partial charge < -0.3 is 14.6 Å². The average molecular weight is 431 g/mol. The third kappa shape index (κ3) is 4.03. The molecule has 0 aliphatic heterocycles. The number of ketones is 1. The molecule has 4 rings (SSSR count). The summed E-state index contributed by atoms with van der Waals surface area (Å²) in [4.78, 5) is 23.1. The number of allylic oxidation sites excluding steroid dienone is 1. The van der Waals surface area contributed by atoms with Crippen molar-refractivity contribution < 1.29 is 19.4 Å². The number of aliphatic hydroxyl groups excluding tert-OH is 1. The highest BCUT2D eigenvalue weighted by atomic mass is 16.5. The van der Waals surface area contributed by atoms with Gasteiger partial charge in [-0.25, -0.2) is 0 Å².